The summed E-state index contributed by atoms with van der Waals surface area (Å²) in [6.07, 6.45) is 1.68. The molecule has 0 amide bonds. The number of nitrogens with zero attached hydrogens (tertiary/aromatic N) is 3. The average Bonchev–Trinajstić information content (AvgIpc) is 2.63. The van der Waals surface area contributed by atoms with Gasteiger partial charge in [0.05, 0.1) is 10.6 Å². The van der Waals surface area contributed by atoms with E-state index in [9.17, 15) is 10.1 Å². The van der Waals surface area contributed by atoms with Gasteiger partial charge in [0.15, 0.2) is 0 Å². The van der Waals surface area contributed by atoms with Gasteiger partial charge in [0, 0.05) is 41.8 Å². The number of aromatic nitrogens is 2. The molecule has 2 aromatic carbocycles. The van der Waals surface area contributed by atoms with Crippen LogP contribution in [0, 0.1) is 10.1 Å². The van der Waals surface area contributed by atoms with E-state index in [0.29, 0.717) is 11.6 Å². The van der Waals surface area contributed by atoms with Crippen LogP contribution >= 0.6 is 0 Å². The molecule has 25 heavy (non-hydrogen) atoms. The van der Waals surface area contributed by atoms with Crippen LogP contribution in [0.25, 0.3) is 11.3 Å². The normalized spacial score (nSPS) is 10.3. The van der Waals surface area contributed by atoms with Crippen LogP contribution in [0.5, 0.6) is 0 Å². The first-order valence-electron chi connectivity index (χ1n) is 7.84. The van der Waals surface area contributed by atoms with Crippen molar-refractivity contribution in [3.63, 3.8) is 0 Å². The molecule has 0 aliphatic rings. The van der Waals surface area contributed by atoms with E-state index >= 15 is 0 Å². The lowest BCUT2D eigenvalue weighted by Crippen LogP contribution is -1.99. The van der Waals surface area contributed by atoms with Crippen molar-refractivity contribution in [2.24, 2.45) is 0 Å². The van der Waals surface area contributed by atoms with E-state index in [1.165, 1.54) is 12.1 Å². The zero-order valence-corrected chi connectivity index (χ0v) is 13.6. The Labute approximate surface area is 144 Å². The first kappa shape index (κ1) is 16.4. The Morgan fingerprint density at radius 1 is 1.08 bits per heavy atom. The van der Waals surface area contributed by atoms with Crippen molar-refractivity contribution in [2.75, 3.05) is 17.2 Å². The monoisotopic (exact) mass is 335 g/mol. The van der Waals surface area contributed by atoms with E-state index in [4.69, 9.17) is 0 Å². The summed E-state index contributed by atoms with van der Waals surface area (Å²) in [6, 6.07) is 16.0. The first-order chi connectivity index (χ1) is 12.2. The highest BCUT2D eigenvalue weighted by Gasteiger charge is 2.06. The lowest BCUT2D eigenvalue weighted by Gasteiger charge is -2.08. The molecular weight excluding hydrogens is 318 g/mol. The van der Waals surface area contributed by atoms with Gasteiger partial charge >= 0.3 is 0 Å². The Balaban J connectivity index is 1.81. The predicted molar refractivity (Wildman–Crippen MR) is 98.0 cm³/mol. The molecule has 0 spiro atoms. The fourth-order valence-electron chi connectivity index (χ4n) is 2.37. The second kappa shape index (κ2) is 7.39. The minimum Gasteiger partial charge on any atom is -0.385 e. The molecule has 3 aromatic rings. The molecule has 0 aliphatic carbocycles. The second-order valence-corrected chi connectivity index (χ2v) is 5.31. The maximum Gasteiger partial charge on any atom is 0.269 e. The third kappa shape index (κ3) is 4.08. The Morgan fingerprint density at radius 3 is 2.60 bits per heavy atom. The van der Waals surface area contributed by atoms with Gasteiger partial charge in [-0.05, 0) is 37.3 Å². The smallest absolute Gasteiger partial charge is 0.269 e. The van der Waals surface area contributed by atoms with Gasteiger partial charge in [0.1, 0.15) is 0 Å². The number of benzene rings is 2. The summed E-state index contributed by atoms with van der Waals surface area (Å²) in [7, 11) is 0. The molecule has 2 N–H and O–H groups in total. The molecule has 0 radical (unpaired) electrons. The molecule has 0 saturated carbocycles. The number of hydrogen-bond acceptors (Lipinski definition) is 6. The average molecular weight is 335 g/mol. The maximum atomic E-state index is 10.7. The Hall–Kier alpha value is -3.48. The van der Waals surface area contributed by atoms with Gasteiger partial charge in [-0.2, -0.15) is 0 Å². The molecule has 3 rings (SSSR count). The number of nitro groups is 1. The SMILES string of the molecule is CCNc1cccc(-c2ccnc(Nc3ccc([N+](=O)[O-])cc3)n2)c1. The van der Waals surface area contributed by atoms with Crippen LogP contribution in [0.15, 0.2) is 60.8 Å². The van der Waals surface area contributed by atoms with Crippen LogP contribution in [0.3, 0.4) is 0 Å². The zero-order valence-electron chi connectivity index (χ0n) is 13.6. The van der Waals surface area contributed by atoms with Gasteiger partial charge in [0.2, 0.25) is 5.95 Å². The summed E-state index contributed by atoms with van der Waals surface area (Å²) in [5.74, 6) is 0.431. The molecule has 7 heteroatoms. The van der Waals surface area contributed by atoms with Crippen LogP contribution < -0.4 is 10.6 Å². The summed E-state index contributed by atoms with van der Waals surface area (Å²) >= 11 is 0. The highest BCUT2D eigenvalue weighted by Crippen LogP contribution is 2.23. The summed E-state index contributed by atoms with van der Waals surface area (Å²) in [4.78, 5) is 19.0. The van der Waals surface area contributed by atoms with Crippen LogP contribution in [0.4, 0.5) is 23.0 Å². The molecule has 0 bridgehead atoms. The van der Waals surface area contributed by atoms with E-state index in [-0.39, 0.29) is 5.69 Å². The fourth-order valence-corrected chi connectivity index (χ4v) is 2.37. The van der Waals surface area contributed by atoms with Crippen molar-refractivity contribution in [1.29, 1.82) is 0 Å². The highest BCUT2D eigenvalue weighted by atomic mass is 16.6. The standard InChI is InChI=1S/C18H17N5O2/c1-2-19-15-5-3-4-13(12-15)17-10-11-20-18(22-17)21-14-6-8-16(9-7-14)23(24)25/h3-12,19H,2H2,1H3,(H,20,21,22). The van der Waals surface area contributed by atoms with Crippen molar-refractivity contribution >= 4 is 23.0 Å². The predicted octanol–water partition coefficient (Wildman–Crippen LogP) is 4.23. The number of rotatable bonds is 6. The second-order valence-electron chi connectivity index (χ2n) is 5.31. The molecule has 0 atom stereocenters. The number of nitro benzene ring substituents is 1. The van der Waals surface area contributed by atoms with Crippen molar-refractivity contribution in [1.82, 2.24) is 9.97 Å². The molecule has 126 valence electrons. The number of nitrogens with one attached hydrogen (secondary N) is 2. The number of hydrogen-bond donors (Lipinski definition) is 2. The zero-order chi connectivity index (χ0) is 17.6. The highest BCUT2D eigenvalue weighted by molar-refractivity contribution is 5.66. The third-order valence-corrected chi connectivity index (χ3v) is 3.53. The molecule has 0 unspecified atom stereocenters. The van der Waals surface area contributed by atoms with Crippen LogP contribution in [-0.2, 0) is 0 Å². The summed E-state index contributed by atoms with van der Waals surface area (Å²) in [5, 5.41) is 17.0. The van der Waals surface area contributed by atoms with Gasteiger partial charge in [0.25, 0.3) is 5.69 Å². The Morgan fingerprint density at radius 2 is 1.88 bits per heavy atom. The van der Waals surface area contributed by atoms with Crippen molar-refractivity contribution < 1.29 is 4.92 Å². The van der Waals surface area contributed by atoms with Crippen LogP contribution in [0.2, 0.25) is 0 Å². The van der Waals surface area contributed by atoms with Gasteiger partial charge in [-0.1, -0.05) is 12.1 Å². The summed E-state index contributed by atoms with van der Waals surface area (Å²) in [6.45, 7) is 2.89. The van der Waals surface area contributed by atoms with E-state index in [2.05, 4.69) is 20.6 Å². The molecule has 0 aliphatic heterocycles. The van der Waals surface area contributed by atoms with E-state index in [1.807, 2.05) is 37.3 Å². The first-order valence-corrected chi connectivity index (χ1v) is 7.84. The van der Waals surface area contributed by atoms with Gasteiger partial charge in [-0.3, -0.25) is 10.1 Å². The third-order valence-electron chi connectivity index (χ3n) is 3.53. The van der Waals surface area contributed by atoms with Gasteiger partial charge in [-0.15, -0.1) is 0 Å². The minimum atomic E-state index is -0.432. The number of non-ortho nitro benzene ring substituents is 1. The van der Waals surface area contributed by atoms with Gasteiger partial charge < -0.3 is 10.6 Å². The van der Waals surface area contributed by atoms with Crippen molar-refractivity contribution in [3.8, 4) is 11.3 Å². The van der Waals surface area contributed by atoms with E-state index in [0.717, 1.165) is 23.5 Å². The molecule has 0 fully saturated rings. The maximum absolute atomic E-state index is 10.7. The molecule has 1 aromatic heterocycles. The number of anilines is 3. The van der Waals surface area contributed by atoms with Crippen LogP contribution in [0.1, 0.15) is 6.92 Å². The van der Waals surface area contributed by atoms with Crippen molar-refractivity contribution in [3.05, 3.63) is 70.9 Å². The van der Waals surface area contributed by atoms with E-state index < -0.39 is 4.92 Å². The topological polar surface area (TPSA) is 93.0 Å². The lowest BCUT2D eigenvalue weighted by atomic mass is 10.1. The Kier molecular flexibility index (Phi) is 4.84. The molecule has 7 nitrogen and oxygen atoms in total. The Bertz CT molecular complexity index is 881. The van der Waals surface area contributed by atoms with Crippen molar-refractivity contribution in [2.45, 2.75) is 6.92 Å². The quantitative estimate of drug-likeness (QED) is 0.517. The van der Waals surface area contributed by atoms with E-state index in [1.54, 1.807) is 18.3 Å². The van der Waals surface area contributed by atoms with Crippen LogP contribution in [-0.4, -0.2) is 21.4 Å². The largest absolute Gasteiger partial charge is 0.385 e. The summed E-state index contributed by atoms with van der Waals surface area (Å²) < 4.78 is 0. The molecule has 0 saturated heterocycles. The fraction of sp³-hybridized carbons (Fsp3) is 0.111. The molecular formula is C18H17N5O2. The van der Waals surface area contributed by atoms with Gasteiger partial charge in [-0.25, -0.2) is 9.97 Å². The lowest BCUT2D eigenvalue weighted by molar-refractivity contribution is -0.384. The molecule has 1 heterocycles. The summed E-state index contributed by atoms with van der Waals surface area (Å²) in [5.41, 5.74) is 3.53. The minimum absolute atomic E-state index is 0.0421.